The number of aromatic nitrogens is 4. The number of amides is 2. The third kappa shape index (κ3) is 5.95. The summed E-state index contributed by atoms with van der Waals surface area (Å²) in [6.45, 7) is 1.80. The summed E-state index contributed by atoms with van der Waals surface area (Å²) in [5.74, 6) is -0.407. The van der Waals surface area contributed by atoms with Crippen molar-refractivity contribution in [2.24, 2.45) is 5.92 Å². The highest BCUT2D eigenvalue weighted by molar-refractivity contribution is 7.17. The molecule has 0 unspecified atom stereocenters. The van der Waals surface area contributed by atoms with Crippen molar-refractivity contribution in [3.05, 3.63) is 112 Å². The summed E-state index contributed by atoms with van der Waals surface area (Å²) in [7, 11) is 0. The summed E-state index contributed by atoms with van der Waals surface area (Å²) in [5.41, 5.74) is 1.41. The summed E-state index contributed by atoms with van der Waals surface area (Å²) in [5, 5.41) is 11.4. The molecule has 2 atom stereocenters. The Morgan fingerprint density at radius 1 is 0.891 bits per heavy atom. The molecule has 1 N–H and O–H groups in total. The first-order valence-electron chi connectivity index (χ1n) is 15.5. The third-order valence-corrected chi connectivity index (χ3v) is 10.4. The molecule has 0 radical (unpaired) electrons. The zero-order chi connectivity index (χ0) is 31.7. The molecule has 2 saturated heterocycles. The second kappa shape index (κ2) is 12.6. The molecule has 11 heteroatoms. The highest BCUT2D eigenvalue weighted by atomic mass is 32.1. The van der Waals surface area contributed by atoms with Crippen molar-refractivity contribution in [1.82, 2.24) is 29.3 Å². The van der Waals surface area contributed by atoms with Gasteiger partial charge in [0.1, 0.15) is 0 Å². The summed E-state index contributed by atoms with van der Waals surface area (Å²) < 4.78 is 1.42. The number of pyridine rings is 2. The van der Waals surface area contributed by atoms with Crippen LogP contribution in [0.4, 0.5) is 0 Å². The van der Waals surface area contributed by atoms with Crippen molar-refractivity contribution in [3.63, 3.8) is 0 Å². The molecule has 4 aromatic heterocycles. The van der Waals surface area contributed by atoms with E-state index < -0.39 is 5.60 Å². The lowest BCUT2D eigenvalue weighted by molar-refractivity contribution is -0.142. The molecule has 5 aromatic rings. The molecule has 2 aliphatic rings. The summed E-state index contributed by atoms with van der Waals surface area (Å²) in [6, 6.07) is 21.1. The van der Waals surface area contributed by atoms with E-state index in [2.05, 4.69) is 15.0 Å². The van der Waals surface area contributed by atoms with Crippen molar-refractivity contribution < 1.29 is 14.7 Å². The summed E-state index contributed by atoms with van der Waals surface area (Å²) in [6.07, 6.45) is 7.74. The number of likely N-dealkylation sites (tertiary alicyclic amines) is 2. The van der Waals surface area contributed by atoms with Gasteiger partial charge in [0, 0.05) is 61.5 Å². The van der Waals surface area contributed by atoms with Gasteiger partial charge in [0.25, 0.3) is 11.5 Å². The molecular formula is C35H34N6O4S. The first kappa shape index (κ1) is 29.9. The van der Waals surface area contributed by atoms with Crippen molar-refractivity contribution in [1.29, 1.82) is 0 Å². The average Bonchev–Trinajstić information content (AvgIpc) is 3.60. The Labute approximate surface area is 270 Å². The van der Waals surface area contributed by atoms with E-state index in [0.29, 0.717) is 55.8 Å². The minimum absolute atomic E-state index is 0.0196. The van der Waals surface area contributed by atoms with Crippen LogP contribution in [0.15, 0.2) is 96.4 Å². The number of hydrogen-bond donors (Lipinski definition) is 1. The number of piperidine rings is 2. The lowest BCUT2D eigenvalue weighted by Gasteiger charge is -2.43. The van der Waals surface area contributed by atoms with E-state index >= 15 is 0 Å². The van der Waals surface area contributed by atoms with Gasteiger partial charge in [-0.2, -0.15) is 0 Å². The first-order valence-corrected chi connectivity index (χ1v) is 16.4. The van der Waals surface area contributed by atoms with E-state index in [4.69, 9.17) is 0 Å². The number of carbonyl (C=O) groups excluding carboxylic acids is 2. The standard InChI is InChI=1S/C35H34N6O4S/c42-32(39-19-13-35(45,14-20-39)22-41-23-38-28-7-4-15-37-31(28)34(41)44)26-12-18-40(21-27(26)24-5-2-1-3-6-24)33(43)30-9-8-29(46-30)25-10-16-36-17-11-25/h1-11,15-17,23,26-27,45H,12-14,18-22H2/t26-,27+/m1/s1. The van der Waals surface area contributed by atoms with E-state index in [1.165, 1.54) is 22.2 Å². The van der Waals surface area contributed by atoms with Gasteiger partial charge < -0.3 is 14.9 Å². The van der Waals surface area contributed by atoms with Crippen LogP contribution in [-0.4, -0.2) is 78.0 Å². The molecule has 7 rings (SSSR count). The molecule has 234 valence electrons. The van der Waals surface area contributed by atoms with Crippen molar-refractivity contribution in [2.45, 2.75) is 37.3 Å². The van der Waals surface area contributed by atoms with Gasteiger partial charge in [0.05, 0.1) is 28.9 Å². The Hall–Kier alpha value is -4.74. The van der Waals surface area contributed by atoms with Gasteiger partial charge in [-0.15, -0.1) is 11.3 Å². The zero-order valence-corrected chi connectivity index (χ0v) is 26.1. The maximum absolute atomic E-state index is 14.1. The van der Waals surface area contributed by atoms with Crippen molar-refractivity contribution in [3.8, 4) is 10.4 Å². The minimum atomic E-state index is -1.14. The van der Waals surface area contributed by atoms with E-state index in [1.807, 2.05) is 64.4 Å². The fourth-order valence-corrected chi connectivity index (χ4v) is 7.68. The lowest BCUT2D eigenvalue weighted by atomic mass is 9.79. The Bertz CT molecular complexity index is 1920. The van der Waals surface area contributed by atoms with Crippen LogP contribution in [-0.2, 0) is 11.3 Å². The first-order chi connectivity index (χ1) is 22.4. The van der Waals surface area contributed by atoms with E-state index in [9.17, 15) is 19.5 Å². The molecule has 0 bridgehead atoms. The number of carbonyl (C=O) groups is 2. The lowest BCUT2D eigenvalue weighted by Crippen LogP contribution is -2.53. The Morgan fingerprint density at radius 2 is 1.67 bits per heavy atom. The number of benzene rings is 1. The fourth-order valence-electron chi connectivity index (χ4n) is 6.70. The normalized spacial score (nSPS) is 19.7. The molecule has 46 heavy (non-hydrogen) atoms. The highest BCUT2D eigenvalue weighted by Gasteiger charge is 2.42. The van der Waals surface area contributed by atoms with Gasteiger partial charge in [0.15, 0.2) is 5.52 Å². The number of rotatable bonds is 6. The van der Waals surface area contributed by atoms with Crippen LogP contribution in [0.1, 0.15) is 40.4 Å². The van der Waals surface area contributed by atoms with Gasteiger partial charge in [-0.1, -0.05) is 30.3 Å². The molecule has 2 fully saturated rings. The molecule has 2 aliphatic heterocycles. The molecule has 0 saturated carbocycles. The quantitative estimate of drug-likeness (QED) is 0.297. The van der Waals surface area contributed by atoms with Gasteiger partial charge in [-0.3, -0.25) is 23.9 Å². The second-order valence-corrected chi connectivity index (χ2v) is 13.2. The van der Waals surface area contributed by atoms with E-state index in [-0.39, 0.29) is 41.3 Å². The minimum Gasteiger partial charge on any atom is -0.388 e. The molecule has 10 nitrogen and oxygen atoms in total. The van der Waals surface area contributed by atoms with E-state index in [0.717, 1.165) is 16.0 Å². The predicted octanol–water partition coefficient (Wildman–Crippen LogP) is 4.21. The number of hydrogen-bond acceptors (Lipinski definition) is 8. The molecule has 6 heterocycles. The summed E-state index contributed by atoms with van der Waals surface area (Å²) in [4.78, 5) is 58.7. The van der Waals surface area contributed by atoms with Crippen LogP contribution >= 0.6 is 11.3 Å². The largest absolute Gasteiger partial charge is 0.388 e. The molecule has 1 aromatic carbocycles. The van der Waals surface area contributed by atoms with Crippen LogP contribution in [0.3, 0.4) is 0 Å². The third-order valence-electron chi connectivity index (χ3n) is 9.28. The molecule has 2 amide bonds. The maximum atomic E-state index is 14.1. The Kier molecular flexibility index (Phi) is 8.18. The molecular weight excluding hydrogens is 600 g/mol. The zero-order valence-electron chi connectivity index (χ0n) is 25.2. The van der Waals surface area contributed by atoms with Crippen LogP contribution < -0.4 is 5.56 Å². The monoisotopic (exact) mass is 634 g/mol. The van der Waals surface area contributed by atoms with Gasteiger partial charge in [0.2, 0.25) is 5.91 Å². The number of thiophene rings is 1. The predicted molar refractivity (Wildman–Crippen MR) is 175 cm³/mol. The summed E-state index contributed by atoms with van der Waals surface area (Å²) >= 11 is 1.47. The van der Waals surface area contributed by atoms with Crippen LogP contribution in [0.25, 0.3) is 21.5 Å². The van der Waals surface area contributed by atoms with Gasteiger partial charge in [-0.05, 0) is 66.8 Å². The van der Waals surface area contributed by atoms with Gasteiger partial charge in [-0.25, -0.2) is 9.97 Å². The fraction of sp³-hybridized carbons (Fsp3) is 0.314. The van der Waals surface area contributed by atoms with Crippen LogP contribution in [0, 0.1) is 5.92 Å². The smallest absolute Gasteiger partial charge is 0.279 e. The maximum Gasteiger partial charge on any atom is 0.279 e. The van der Waals surface area contributed by atoms with Crippen molar-refractivity contribution in [2.75, 3.05) is 26.2 Å². The topological polar surface area (TPSA) is 122 Å². The molecule has 0 spiro atoms. The number of nitrogens with zero attached hydrogens (tertiary/aromatic N) is 6. The highest BCUT2D eigenvalue weighted by Crippen LogP contribution is 2.37. The molecule has 0 aliphatic carbocycles. The Balaban J connectivity index is 1.04. The van der Waals surface area contributed by atoms with Crippen LogP contribution in [0.2, 0.25) is 0 Å². The van der Waals surface area contributed by atoms with Gasteiger partial charge >= 0.3 is 0 Å². The second-order valence-electron chi connectivity index (χ2n) is 12.2. The van der Waals surface area contributed by atoms with Crippen LogP contribution in [0.5, 0.6) is 0 Å². The van der Waals surface area contributed by atoms with Crippen molar-refractivity contribution >= 4 is 34.2 Å². The number of fused-ring (bicyclic) bond motifs is 1. The average molecular weight is 635 g/mol. The Morgan fingerprint density at radius 3 is 2.46 bits per heavy atom. The number of aliphatic hydroxyl groups is 1. The SMILES string of the molecule is O=C(c1ccc(-c2ccncc2)s1)N1CC[C@@H](C(=O)N2CCC(O)(Cn3cnc4cccnc4c3=O)CC2)[C@H](c2ccccc2)C1. The van der Waals surface area contributed by atoms with E-state index in [1.54, 1.807) is 30.7 Å².